The molecule has 4 aromatic rings. The van der Waals surface area contributed by atoms with Crippen LogP contribution in [0.3, 0.4) is 0 Å². The van der Waals surface area contributed by atoms with Crippen LogP contribution in [0.25, 0.3) is 6.08 Å². The van der Waals surface area contributed by atoms with E-state index in [1.54, 1.807) is 42.5 Å². The molecule has 1 fully saturated rings. The summed E-state index contributed by atoms with van der Waals surface area (Å²) in [5, 5.41) is 3.61. The Morgan fingerprint density at radius 1 is 0.795 bits per heavy atom. The maximum absolute atomic E-state index is 14.6. The third-order valence-electron chi connectivity index (χ3n) is 8.26. The van der Waals surface area contributed by atoms with Crippen molar-refractivity contribution in [3.8, 4) is 0 Å². The molecule has 1 amide bonds. The molecule has 1 saturated heterocycles. The number of halogens is 1. The highest BCUT2D eigenvalue weighted by Crippen LogP contribution is 2.58. The van der Waals surface area contributed by atoms with Crippen LogP contribution in [0.2, 0.25) is 5.02 Å². The van der Waals surface area contributed by atoms with E-state index < -0.39 is 23.4 Å². The van der Waals surface area contributed by atoms with Crippen LogP contribution >= 0.6 is 11.6 Å². The fourth-order valence-electron chi connectivity index (χ4n) is 6.71. The minimum atomic E-state index is -1.33. The van der Waals surface area contributed by atoms with Gasteiger partial charge in [0, 0.05) is 27.5 Å². The Balaban J connectivity index is 1.55. The first-order valence-corrected chi connectivity index (χ1v) is 13.2. The molecule has 7 rings (SSSR count). The van der Waals surface area contributed by atoms with Gasteiger partial charge in [-0.05, 0) is 35.4 Å². The summed E-state index contributed by atoms with van der Waals surface area (Å²) in [7, 11) is 0. The predicted octanol–water partition coefficient (Wildman–Crippen LogP) is 6.20. The predicted molar refractivity (Wildman–Crippen MR) is 152 cm³/mol. The Labute approximate surface area is 230 Å². The van der Waals surface area contributed by atoms with E-state index in [-0.39, 0.29) is 17.5 Å². The zero-order valence-corrected chi connectivity index (χ0v) is 21.5. The topological polar surface area (TPSA) is 66.5 Å². The van der Waals surface area contributed by atoms with Crippen molar-refractivity contribution in [2.75, 3.05) is 10.2 Å². The molecule has 0 unspecified atom stereocenters. The van der Waals surface area contributed by atoms with Crippen molar-refractivity contribution >= 4 is 46.5 Å². The van der Waals surface area contributed by atoms with Crippen molar-refractivity contribution in [2.24, 2.45) is 5.92 Å². The molecule has 3 aliphatic heterocycles. The number of hydrogen-bond donors (Lipinski definition) is 1. The standard InChI is InChI=1S/C33H23ClN2O3/c34-23-16-17-26-22(19-23)15-18-27-33(24-13-7-8-14-25(24)35-32(33)39)28(30(37)20-9-3-1-4-10-20)29(36(26)27)31(38)21-11-5-2-6-12-21/h1-19,27-29H,(H,35,39)/t27-,28+,29-,33+/m0/s1. The number of carbonyl (C=O) groups is 3. The first-order chi connectivity index (χ1) is 19.0. The van der Waals surface area contributed by atoms with Gasteiger partial charge in [0.1, 0.15) is 11.5 Å². The molecule has 0 aromatic heterocycles. The summed E-state index contributed by atoms with van der Waals surface area (Å²) in [6, 6.07) is 29.4. The minimum Gasteiger partial charge on any atom is -0.352 e. The van der Waals surface area contributed by atoms with Crippen LogP contribution in [-0.2, 0) is 10.2 Å². The molecule has 39 heavy (non-hydrogen) atoms. The summed E-state index contributed by atoms with van der Waals surface area (Å²) in [5.41, 5.74) is 2.61. The number of rotatable bonds is 4. The van der Waals surface area contributed by atoms with Crippen molar-refractivity contribution < 1.29 is 14.4 Å². The van der Waals surface area contributed by atoms with Gasteiger partial charge >= 0.3 is 0 Å². The van der Waals surface area contributed by atoms with E-state index >= 15 is 0 Å². The average Bonchev–Trinajstić information content (AvgIpc) is 3.45. The number of carbonyl (C=O) groups excluding carboxylic acids is 3. The lowest BCUT2D eigenvalue weighted by molar-refractivity contribution is -0.121. The van der Waals surface area contributed by atoms with Crippen LogP contribution < -0.4 is 10.2 Å². The second-order valence-corrected chi connectivity index (χ2v) is 10.6. The summed E-state index contributed by atoms with van der Waals surface area (Å²) >= 11 is 6.35. The number of hydrogen-bond acceptors (Lipinski definition) is 4. The SMILES string of the molecule is O=C(c1ccccc1)[C@@H]1[C@H](C(=O)c2ccccc2)[C@]2(C(=O)Nc3ccccc32)[C@@H]2C=Cc3cc(Cl)ccc3N12. The first-order valence-electron chi connectivity index (χ1n) is 12.9. The minimum absolute atomic E-state index is 0.208. The van der Waals surface area contributed by atoms with Crippen LogP contribution in [0.4, 0.5) is 11.4 Å². The maximum atomic E-state index is 14.6. The Hall–Kier alpha value is -4.48. The second-order valence-electron chi connectivity index (χ2n) is 10.2. The molecule has 0 saturated carbocycles. The number of nitrogens with zero attached hydrogens (tertiary/aromatic N) is 1. The number of para-hydroxylation sites is 1. The third kappa shape index (κ3) is 3.30. The number of anilines is 2. The maximum Gasteiger partial charge on any atom is 0.238 e. The van der Waals surface area contributed by atoms with Gasteiger partial charge in [-0.15, -0.1) is 0 Å². The van der Waals surface area contributed by atoms with Crippen molar-refractivity contribution in [3.05, 3.63) is 136 Å². The number of benzene rings is 4. The lowest BCUT2D eigenvalue weighted by atomic mass is 9.64. The van der Waals surface area contributed by atoms with E-state index in [9.17, 15) is 14.4 Å². The number of ketones is 2. The van der Waals surface area contributed by atoms with E-state index in [1.807, 2.05) is 77.7 Å². The van der Waals surface area contributed by atoms with Crippen molar-refractivity contribution in [1.29, 1.82) is 0 Å². The Kier molecular flexibility index (Phi) is 5.32. The third-order valence-corrected chi connectivity index (χ3v) is 8.50. The van der Waals surface area contributed by atoms with Crippen LogP contribution in [0.1, 0.15) is 31.8 Å². The average molecular weight is 531 g/mol. The highest BCUT2D eigenvalue weighted by molar-refractivity contribution is 6.31. The molecule has 0 bridgehead atoms. The molecule has 4 atom stereocenters. The molecule has 1 spiro atoms. The molecule has 1 N–H and O–H groups in total. The Bertz CT molecular complexity index is 1680. The summed E-state index contributed by atoms with van der Waals surface area (Å²) < 4.78 is 0. The largest absolute Gasteiger partial charge is 0.352 e. The van der Waals surface area contributed by atoms with Gasteiger partial charge in [0.25, 0.3) is 0 Å². The number of fused-ring (bicyclic) bond motifs is 6. The normalized spacial score (nSPS) is 24.2. The molecule has 5 nitrogen and oxygen atoms in total. The van der Waals surface area contributed by atoms with Crippen molar-refractivity contribution in [1.82, 2.24) is 0 Å². The first kappa shape index (κ1) is 23.6. The molecule has 6 heteroatoms. The van der Waals surface area contributed by atoms with Gasteiger partial charge in [0.05, 0.1) is 12.0 Å². The van der Waals surface area contributed by atoms with Gasteiger partial charge in [0.2, 0.25) is 5.91 Å². The molecule has 3 aliphatic rings. The van der Waals surface area contributed by atoms with Gasteiger partial charge < -0.3 is 10.2 Å². The monoisotopic (exact) mass is 530 g/mol. The van der Waals surface area contributed by atoms with E-state index in [4.69, 9.17) is 11.6 Å². The van der Waals surface area contributed by atoms with E-state index in [2.05, 4.69) is 5.32 Å². The fraction of sp³-hybridized carbons (Fsp3) is 0.121. The summed E-state index contributed by atoms with van der Waals surface area (Å²) in [4.78, 5) is 45.4. The smallest absolute Gasteiger partial charge is 0.238 e. The summed E-state index contributed by atoms with van der Waals surface area (Å²) in [6.45, 7) is 0. The van der Waals surface area contributed by atoms with Crippen LogP contribution in [0.5, 0.6) is 0 Å². The summed E-state index contributed by atoms with van der Waals surface area (Å²) in [6.07, 6.45) is 3.89. The fourth-order valence-corrected chi connectivity index (χ4v) is 6.89. The highest BCUT2D eigenvalue weighted by Gasteiger charge is 2.70. The van der Waals surface area contributed by atoms with Gasteiger partial charge in [-0.3, -0.25) is 14.4 Å². The second kappa shape index (κ2) is 8.79. The van der Waals surface area contributed by atoms with Gasteiger partial charge in [0.15, 0.2) is 11.6 Å². The van der Waals surface area contributed by atoms with E-state index in [0.717, 1.165) is 16.8 Å². The molecular formula is C33H23ClN2O3. The summed E-state index contributed by atoms with van der Waals surface area (Å²) in [5.74, 6) is -1.72. The molecule has 190 valence electrons. The van der Waals surface area contributed by atoms with Crippen molar-refractivity contribution in [3.63, 3.8) is 0 Å². The van der Waals surface area contributed by atoms with Crippen molar-refractivity contribution in [2.45, 2.75) is 17.5 Å². The lowest BCUT2D eigenvalue weighted by Crippen LogP contribution is -2.51. The van der Waals surface area contributed by atoms with Gasteiger partial charge in [-0.2, -0.15) is 0 Å². The van der Waals surface area contributed by atoms with Crippen LogP contribution in [-0.4, -0.2) is 29.6 Å². The Morgan fingerprint density at radius 3 is 2.15 bits per heavy atom. The number of nitrogens with one attached hydrogen (secondary N) is 1. The zero-order chi connectivity index (χ0) is 26.7. The molecule has 0 aliphatic carbocycles. The highest BCUT2D eigenvalue weighted by atomic mass is 35.5. The molecule has 3 heterocycles. The lowest BCUT2D eigenvalue weighted by Gasteiger charge is -2.37. The van der Waals surface area contributed by atoms with E-state index in [1.165, 1.54) is 0 Å². The zero-order valence-electron chi connectivity index (χ0n) is 20.8. The van der Waals surface area contributed by atoms with Crippen LogP contribution in [0, 0.1) is 5.92 Å². The molecular weight excluding hydrogens is 508 g/mol. The van der Waals surface area contributed by atoms with Gasteiger partial charge in [-0.25, -0.2) is 0 Å². The Morgan fingerprint density at radius 2 is 1.44 bits per heavy atom. The molecule has 0 radical (unpaired) electrons. The number of Topliss-reactive ketones (excluding diaryl/α,β-unsaturated/α-hetero) is 2. The van der Waals surface area contributed by atoms with Gasteiger partial charge in [-0.1, -0.05) is 103 Å². The number of amides is 1. The quantitative estimate of drug-likeness (QED) is 0.319. The van der Waals surface area contributed by atoms with E-state index in [0.29, 0.717) is 21.8 Å². The van der Waals surface area contributed by atoms with Crippen LogP contribution in [0.15, 0.2) is 109 Å². The molecule has 4 aromatic carbocycles.